The highest BCUT2D eigenvalue weighted by molar-refractivity contribution is 7.99. The van der Waals surface area contributed by atoms with Crippen molar-refractivity contribution >= 4 is 41.2 Å². The number of hydrogen-bond donors (Lipinski definition) is 2. The van der Waals surface area contributed by atoms with Crippen LogP contribution in [0, 0.1) is 10.1 Å². The molecule has 2 amide bonds. The van der Waals surface area contributed by atoms with Gasteiger partial charge in [-0.2, -0.15) is 5.10 Å². The molecule has 10 heteroatoms. The third kappa shape index (κ3) is 8.40. The van der Waals surface area contributed by atoms with Crippen LogP contribution in [-0.4, -0.2) is 35.3 Å². The summed E-state index contributed by atoms with van der Waals surface area (Å²) in [5.41, 5.74) is 4.84. The minimum Gasteiger partial charge on any atom is -0.484 e. The van der Waals surface area contributed by atoms with Gasteiger partial charge in [0.15, 0.2) is 6.61 Å². The zero-order valence-corrected chi connectivity index (χ0v) is 18.9. The van der Waals surface area contributed by atoms with Crippen molar-refractivity contribution in [3.8, 4) is 5.75 Å². The number of anilines is 1. The molecule has 0 radical (unpaired) electrons. The number of nitrogens with one attached hydrogen (secondary N) is 2. The van der Waals surface area contributed by atoms with Crippen molar-refractivity contribution in [3.63, 3.8) is 0 Å². The number of hydrogen-bond acceptors (Lipinski definition) is 7. The van der Waals surface area contributed by atoms with Crippen molar-refractivity contribution in [1.82, 2.24) is 5.43 Å². The zero-order chi connectivity index (χ0) is 24.2. The second kappa shape index (κ2) is 12.8. The molecule has 0 bridgehead atoms. The van der Waals surface area contributed by atoms with Crippen LogP contribution in [0.25, 0.3) is 0 Å². The van der Waals surface area contributed by atoms with Gasteiger partial charge in [0.25, 0.3) is 11.6 Å². The summed E-state index contributed by atoms with van der Waals surface area (Å²) < 4.78 is 5.47. The summed E-state index contributed by atoms with van der Waals surface area (Å²) in [5, 5.41) is 17.3. The first kappa shape index (κ1) is 24.5. The molecule has 9 nitrogen and oxygen atoms in total. The third-order valence-electron chi connectivity index (χ3n) is 4.36. The van der Waals surface area contributed by atoms with Crippen molar-refractivity contribution in [3.05, 3.63) is 100 Å². The Balaban J connectivity index is 1.34. The molecule has 0 saturated heterocycles. The van der Waals surface area contributed by atoms with E-state index < -0.39 is 4.92 Å². The lowest BCUT2D eigenvalue weighted by atomic mass is 10.2. The molecular formula is C24H22N4O5S. The molecule has 0 spiro atoms. The minimum atomic E-state index is -0.450. The van der Waals surface area contributed by atoms with Gasteiger partial charge < -0.3 is 10.1 Å². The molecular weight excluding hydrogens is 456 g/mol. The first-order valence-corrected chi connectivity index (χ1v) is 11.4. The number of carbonyl (C=O) groups excluding carboxylic acids is 2. The lowest BCUT2D eigenvalue weighted by Crippen LogP contribution is -2.20. The zero-order valence-electron chi connectivity index (χ0n) is 18.0. The Morgan fingerprint density at radius 2 is 1.68 bits per heavy atom. The first-order chi connectivity index (χ1) is 16.5. The summed E-state index contributed by atoms with van der Waals surface area (Å²) in [5.74, 6) is 0.775. The number of thioether (sulfide) groups is 1. The highest BCUT2D eigenvalue weighted by Crippen LogP contribution is 2.16. The molecule has 0 aliphatic carbocycles. The van der Waals surface area contributed by atoms with Gasteiger partial charge in [-0.05, 0) is 47.5 Å². The van der Waals surface area contributed by atoms with E-state index in [1.807, 2.05) is 18.2 Å². The topological polar surface area (TPSA) is 123 Å². The molecule has 174 valence electrons. The lowest BCUT2D eigenvalue weighted by molar-refractivity contribution is -0.384. The van der Waals surface area contributed by atoms with Gasteiger partial charge in [0, 0.05) is 23.6 Å². The number of benzene rings is 3. The van der Waals surface area contributed by atoms with Gasteiger partial charge >= 0.3 is 0 Å². The molecule has 0 aliphatic rings. The fourth-order valence-electron chi connectivity index (χ4n) is 2.70. The highest BCUT2D eigenvalue weighted by atomic mass is 32.2. The Kier molecular flexibility index (Phi) is 9.18. The molecule has 3 aromatic carbocycles. The number of nitro benzene ring substituents is 1. The number of para-hydroxylation sites is 1. The number of rotatable bonds is 11. The van der Waals surface area contributed by atoms with Crippen LogP contribution in [-0.2, 0) is 15.3 Å². The molecule has 0 aromatic heterocycles. The molecule has 0 heterocycles. The maximum absolute atomic E-state index is 11.9. The standard InChI is InChI=1S/C24H22N4O5S/c29-23(26-20-4-2-1-3-5-20)15-33-22-12-8-18(9-13-22)14-25-27-24(30)17-34-16-19-6-10-21(11-7-19)28(31)32/h1-14H,15-17H2,(H,26,29)(H,27,30)/b25-14+. The van der Waals surface area contributed by atoms with E-state index in [0.717, 1.165) is 11.1 Å². The van der Waals surface area contributed by atoms with Crippen LogP contribution in [0.5, 0.6) is 5.75 Å². The maximum Gasteiger partial charge on any atom is 0.269 e. The monoisotopic (exact) mass is 478 g/mol. The SMILES string of the molecule is O=C(CSCc1ccc([N+](=O)[O-])cc1)N/N=C/c1ccc(OCC(=O)Nc2ccccc2)cc1. The van der Waals surface area contributed by atoms with Gasteiger partial charge in [-0.25, -0.2) is 5.43 Å². The summed E-state index contributed by atoms with van der Waals surface area (Å²) in [6.45, 7) is -0.115. The molecule has 0 aliphatic heterocycles. The van der Waals surface area contributed by atoms with Crippen molar-refractivity contribution in [1.29, 1.82) is 0 Å². The third-order valence-corrected chi connectivity index (χ3v) is 5.36. The van der Waals surface area contributed by atoms with Crippen molar-refractivity contribution in [2.45, 2.75) is 5.75 Å². The predicted octanol–water partition coefficient (Wildman–Crippen LogP) is 4.00. The van der Waals surface area contributed by atoms with Crippen LogP contribution in [0.15, 0.2) is 84.0 Å². The van der Waals surface area contributed by atoms with E-state index in [-0.39, 0.29) is 29.9 Å². The average molecular weight is 479 g/mol. The number of non-ortho nitro benzene ring substituents is 1. The summed E-state index contributed by atoms with van der Waals surface area (Å²) >= 11 is 1.38. The lowest BCUT2D eigenvalue weighted by Gasteiger charge is -2.07. The van der Waals surface area contributed by atoms with E-state index >= 15 is 0 Å². The molecule has 2 N–H and O–H groups in total. The van der Waals surface area contributed by atoms with E-state index in [9.17, 15) is 19.7 Å². The Morgan fingerprint density at radius 1 is 0.971 bits per heavy atom. The predicted molar refractivity (Wildman–Crippen MR) is 132 cm³/mol. The van der Waals surface area contributed by atoms with Crippen LogP contribution in [0.2, 0.25) is 0 Å². The molecule has 0 fully saturated rings. The highest BCUT2D eigenvalue weighted by Gasteiger charge is 2.06. The van der Waals surface area contributed by atoms with Gasteiger partial charge in [0.2, 0.25) is 5.91 Å². The normalized spacial score (nSPS) is 10.6. The summed E-state index contributed by atoms with van der Waals surface area (Å²) in [6.07, 6.45) is 1.50. The molecule has 0 unspecified atom stereocenters. The van der Waals surface area contributed by atoms with E-state index in [4.69, 9.17) is 4.74 Å². The summed E-state index contributed by atoms with van der Waals surface area (Å²) in [6, 6.07) is 22.3. The maximum atomic E-state index is 11.9. The molecule has 0 saturated carbocycles. The van der Waals surface area contributed by atoms with Gasteiger partial charge in [0.05, 0.1) is 16.9 Å². The van der Waals surface area contributed by atoms with Crippen molar-refractivity contribution < 1.29 is 19.2 Å². The average Bonchev–Trinajstić information content (AvgIpc) is 2.84. The van der Waals surface area contributed by atoms with Crippen molar-refractivity contribution in [2.24, 2.45) is 5.10 Å². The second-order valence-corrected chi connectivity index (χ2v) is 7.97. The second-order valence-electron chi connectivity index (χ2n) is 6.98. The number of carbonyl (C=O) groups is 2. The van der Waals surface area contributed by atoms with E-state index in [1.54, 1.807) is 48.5 Å². The van der Waals surface area contributed by atoms with Crippen LogP contribution in [0.1, 0.15) is 11.1 Å². The summed E-state index contributed by atoms with van der Waals surface area (Å²) in [4.78, 5) is 34.0. The minimum absolute atomic E-state index is 0.0361. The van der Waals surface area contributed by atoms with E-state index in [2.05, 4.69) is 15.8 Å². The fraction of sp³-hybridized carbons (Fsp3) is 0.125. The summed E-state index contributed by atoms with van der Waals surface area (Å²) in [7, 11) is 0. The smallest absolute Gasteiger partial charge is 0.269 e. The van der Waals surface area contributed by atoms with E-state index in [0.29, 0.717) is 17.2 Å². The van der Waals surface area contributed by atoms with Gasteiger partial charge in [0.1, 0.15) is 5.75 Å². The molecule has 34 heavy (non-hydrogen) atoms. The number of ether oxygens (including phenoxy) is 1. The quantitative estimate of drug-likeness (QED) is 0.244. The first-order valence-electron chi connectivity index (χ1n) is 10.2. The largest absolute Gasteiger partial charge is 0.484 e. The molecule has 0 atom stereocenters. The van der Waals surface area contributed by atoms with Gasteiger partial charge in [-0.1, -0.05) is 30.3 Å². The van der Waals surface area contributed by atoms with Crippen LogP contribution in [0.4, 0.5) is 11.4 Å². The number of nitro groups is 1. The van der Waals surface area contributed by atoms with Crippen LogP contribution >= 0.6 is 11.8 Å². The Hall–Kier alpha value is -4.18. The van der Waals surface area contributed by atoms with Crippen molar-refractivity contribution in [2.75, 3.05) is 17.7 Å². The number of amides is 2. The van der Waals surface area contributed by atoms with Crippen LogP contribution in [0.3, 0.4) is 0 Å². The fourth-order valence-corrected chi connectivity index (χ4v) is 3.48. The Labute approximate surface area is 200 Å². The van der Waals surface area contributed by atoms with E-state index in [1.165, 1.54) is 30.1 Å². The number of nitrogens with zero attached hydrogens (tertiary/aromatic N) is 2. The Morgan fingerprint density at radius 3 is 2.35 bits per heavy atom. The van der Waals surface area contributed by atoms with Gasteiger partial charge in [-0.15, -0.1) is 11.8 Å². The Bertz CT molecular complexity index is 1140. The van der Waals surface area contributed by atoms with Gasteiger partial charge in [-0.3, -0.25) is 19.7 Å². The molecule has 3 rings (SSSR count). The number of hydrazone groups is 1. The molecule has 3 aromatic rings. The van der Waals surface area contributed by atoms with Crippen LogP contribution < -0.4 is 15.5 Å².